The third kappa shape index (κ3) is 3.70. The molecular weight excluding hydrogens is 334 g/mol. The molecule has 0 saturated carbocycles. The molecule has 9 nitrogen and oxygen atoms in total. The first kappa shape index (κ1) is 18.6. The van der Waals surface area contributed by atoms with Crippen molar-refractivity contribution in [3.8, 4) is 0 Å². The van der Waals surface area contributed by atoms with Gasteiger partial charge in [-0.1, -0.05) is 0 Å². The number of β-lactam (4-membered cyclic amide) rings is 1. The summed E-state index contributed by atoms with van der Waals surface area (Å²) in [7, 11) is 0. The van der Waals surface area contributed by atoms with E-state index in [0.717, 1.165) is 11.8 Å². The third-order valence-electron chi connectivity index (χ3n) is 3.68. The number of hydrogen-bond donors (Lipinski definition) is 0. The molecule has 0 bridgehead atoms. The average Bonchev–Trinajstić information content (AvgIpc) is 2.71. The lowest BCUT2D eigenvalue weighted by atomic mass is 9.98. The maximum absolute atomic E-state index is 12.3. The number of nitrogens with zero attached hydrogens (tertiary/aromatic N) is 1. The van der Waals surface area contributed by atoms with Gasteiger partial charge in [-0.3, -0.25) is 24.1 Å². The fourth-order valence-electron chi connectivity index (χ4n) is 2.33. The fraction of sp³-hybridized carbons (Fsp3) is 0.562. The second kappa shape index (κ2) is 6.66. The van der Waals surface area contributed by atoms with E-state index in [0.29, 0.717) is 0 Å². The van der Waals surface area contributed by atoms with Crippen molar-refractivity contribution in [2.24, 2.45) is 5.41 Å². The second-order valence-corrected chi connectivity index (χ2v) is 6.69. The first-order valence-corrected chi connectivity index (χ1v) is 7.61. The number of amides is 1. The third-order valence-corrected chi connectivity index (χ3v) is 3.68. The zero-order chi connectivity index (χ0) is 18.9. The molecule has 0 aromatic carbocycles. The first-order chi connectivity index (χ1) is 11.5. The molecule has 0 unspecified atom stereocenters. The Bertz CT molecular complexity index is 685. The van der Waals surface area contributed by atoms with Crippen molar-refractivity contribution in [3.05, 3.63) is 11.3 Å². The number of hydrogen-bond acceptors (Lipinski definition) is 8. The van der Waals surface area contributed by atoms with Crippen molar-refractivity contribution in [2.45, 2.75) is 40.2 Å². The van der Waals surface area contributed by atoms with Crippen LogP contribution in [-0.2, 0) is 38.2 Å². The van der Waals surface area contributed by atoms with E-state index in [9.17, 15) is 24.0 Å². The van der Waals surface area contributed by atoms with Crippen LogP contribution in [0.25, 0.3) is 0 Å². The summed E-state index contributed by atoms with van der Waals surface area (Å²) in [6.07, 6.45) is -0.0157. The standard InChI is InChI=1S/C16H19NO8/c1-8(18)23-6-9-12(17-10(13(9)20)5-11(17)19)14(21)24-7-25-15(22)16(2,3)4/h10H,5-7H2,1-4H3/t10-/m0/s1. The van der Waals surface area contributed by atoms with Gasteiger partial charge in [0.25, 0.3) is 0 Å². The summed E-state index contributed by atoms with van der Waals surface area (Å²) >= 11 is 0. The number of carbonyl (C=O) groups excluding carboxylic acids is 5. The van der Waals surface area contributed by atoms with E-state index in [1.807, 2.05) is 0 Å². The molecule has 0 spiro atoms. The monoisotopic (exact) mass is 353 g/mol. The van der Waals surface area contributed by atoms with Gasteiger partial charge in [-0.15, -0.1) is 0 Å². The van der Waals surface area contributed by atoms with Gasteiger partial charge in [0.05, 0.1) is 17.4 Å². The fourth-order valence-corrected chi connectivity index (χ4v) is 2.33. The highest BCUT2D eigenvalue weighted by atomic mass is 16.7. The first-order valence-electron chi connectivity index (χ1n) is 7.61. The van der Waals surface area contributed by atoms with Crippen LogP contribution in [0.15, 0.2) is 11.3 Å². The van der Waals surface area contributed by atoms with Gasteiger partial charge in [-0.2, -0.15) is 0 Å². The van der Waals surface area contributed by atoms with E-state index >= 15 is 0 Å². The van der Waals surface area contributed by atoms with E-state index in [4.69, 9.17) is 14.2 Å². The summed E-state index contributed by atoms with van der Waals surface area (Å²) in [6.45, 7) is 4.98. The number of ketones is 1. The van der Waals surface area contributed by atoms with Crippen LogP contribution in [0.1, 0.15) is 34.1 Å². The van der Waals surface area contributed by atoms with Crippen molar-refractivity contribution >= 4 is 29.6 Å². The number of carbonyl (C=O) groups is 5. The van der Waals surface area contributed by atoms with Crippen LogP contribution < -0.4 is 0 Å². The minimum atomic E-state index is -0.993. The quantitative estimate of drug-likeness (QED) is 0.387. The number of fused-ring (bicyclic) bond motifs is 1. The summed E-state index contributed by atoms with van der Waals surface area (Å²) in [6, 6.07) is -0.766. The Kier molecular flexibility index (Phi) is 4.96. The van der Waals surface area contributed by atoms with Crippen LogP contribution in [-0.4, -0.2) is 53.9 Å². The summed E-state index contributed by atoms with van der Waals surface area (Å²) < 4.78 is 14.5. The second-order valence-electron chi connectivity index (χ2n) is 6.69. The SMILES string of the molecule is CC(=O)OCC1=C(C(=O)OCOC(=O)C(C)(C)C)N2C(=O)C[C@H]2C1=O. The van der Waals surface area contributed by atoms with Gasteiger partial charge in [0.2, 0.25) is 12.7 Å². The lowest BCUT2D eigenvalue weighted by Crippen LogP contribution is -2.52. The van der Waals surface area contributed by atoms with E-state index in [-0.39, 0.29) is 17.7 Å². The minimum Gasteiger partial charge on any atom is -0.461 e. The zero-order valence-electron chi connectivity index (χ0n) is 14.4. The molecule has 0 radical (unpaired) electrons. The molecule has 25 heavy (non-hydrogen) atoms. The lowest BCUT2D eigenvalue weighted by molar-refractivity contribution is -0.173. The van der Waals surface area contributed by atoms with E-state index < -0.39 is 54.5 Å². The molecule has 1 saturated heterocycles. The summed E-state index contributed by atoms with van der Waals surface area (Å²) in [5.41, 5.74) is -1.13. The largest absolute Gasteiger partial charge is 0.461 e. The molecule has 1 fully saturated rings. The van der Waals surface area contributed by atoms with Gasteiger partial charge in [0.1, 0.15) is 18.3 Å². The number of ether oxygens (including phenoxy) is 3. The highest BCUT2D eigenvalue weighted by molar-refractivity contribution is 6.18. The summed E-state index contributed by atoms with van der Waals surface area (Å²) in [4.78, 5) is 59.8. The Morgan fingerprint density at radius 2 is 1.76 bits per heavy atom. The maximum Gasteiger partial charge on any atom is 0.358 e. The molecule has 136 valence electrons. The molecule has 2 rings (SSSR count). The predicted molar refractivity (Wildman–Crippen MR) is 80.4 cm³/mol. The molecule has 1 amide bonds. The molecule has 0 aliphatic carbocycles. The Morgan fingerprint density at radius 1 is 1.12 bits per heavy atom. The maximum atomic E-state index is 12.3. The van der Waals surface area contributed by atoms with Crippen molar-refractivity contribution in [1.82, 2.24) is 4.90 Å². The van der Waals surface area contributed by atoms with Crippen LogP contribution in [0.3, 0.4) is 0 Å². The molecule has 2 heterocycles. The van der Waals surface area contributed by atoms with Crippen LogP contribution in [0.4, 0.5) is 0 Å². The number of esters is 3. The summed E-state index contributed by atoms with van der Waals surface area (Å²) in [5.74, 6) is -3.07. The molecule has 9 heteroatoms. The molecule has 2 aliphatic heterocycles. The van der Waals surface area contributed by atoms with Gasteiger partial charge in [-0.05, 0) is 20.8 Å². The summed E-state index contributed by atoms with van der Waals surface area (Å²) in [5, 5.41) is 0. The van der Waals surface area contributed by atoms with Crippen LogP contribution in [0, 0.1) is 5.41 Å². The predicted octanol–water partition coefficient (Wildman–Crippen LogP) is 0.0772. The van der Waals surface area contributed by atoms with Gasteiger partial charge in [-0.25, -0.2) is 4.79 Å². The number of rotatable bonds is 5. The van der Waals surface area contributed by atoms with Crippen LogP contribution in [0.5, 0.6) is 0 Å². The van der Waals surface area contributed by atoms with Gasteiger partial charge >= 0.3 is 17.9 Å². The van der Waals surface area contributed by atoms with Crippen LogP contribution >= 0.6 is 0 Å². The van der Waals surface area contributed by atoms with Gasteiger partial charge in [0.15, 0.2) is 5.78 Å². The van der Waals surface area contributed by atoms with Crippen molar-refractivity contribution < 1.29 is 38.2 Å². The molecule has 1 atom stereocenters. The number of Topliss-reactive ketones (excluding diaryl/α,β-unsaturated/α-hetero) is 1. The van der Waals surface area contributed by atoms with Gasteiger partial charge in [0, 0.05) is 6.92 Å². The Hall–Kier alpha value is -2.71. The topological polar surface area (TPSA) is 116 Å². The van der Waals surface area contributed by atoms with Crippen molar-refractivity contribution in [3.63, 3.8) is 0 Å². The van der Waals surface area contributed by atoms with E-state index in [1.165, 1.54) is 0 Å². The zero-order valence-corrected chi connectivity index (χ0v) is 14.4. The normalized spacial score (nSPS) is 19.4. The van der Waals surface area contributed by atoms with Crippen LogP contribution in [0.2, 0.25) is 0 Å². The Balaban J connectivity index is 2.09. The highest BCUT2D eigenvalue weighted by Gasteiger charge is 2.53. The van der Waals surface area contributed by atoms with Crippen molar-refractivity contribution in [2.75, 3.05) is 13.4 Å². The highest BCUT2D eigenvalue weighted by Crippen LogP contribution is 2.36. The molecule has 0 N–H and O–H groups in total. The molecule has 2 aliphatic rings. The molecule has 0 aromatic heterocycles. The minimum absolute atomic E-state index is 0.0157. The molecular formula is C16H19NO8. The smallest absolute Gasteiger partial charge is 0.358 e. The van der Waals surface area contributed by atoms with Crippen molar-refractivity contribution in [1.29, 1.82) is 0 Å². The Morgan fingerprint density at radius 3 is 2.28 bits per heavy atom. The van der Waals surface area contributed by atoms with E-state index in [1.54, 1.807) is 20.8 Å². The van der Waals surface area contributed by atoms with E-state index in [2.05, 4.69) is 0 Å². The average molecular weight is 353 g/mol. The van der Waals surface area contributed by atoms with Gasteiger partial charge < -0.3 is 14.2 Å². The molecule has 0 aromatic rings. The Labute approximate surface area is 143 Å². The lowest BCUT2D eigenvalue weighted by Gasteiger charge is -2.34.